The van der Waals surface area contributed by atoms with E-state index < -0.39 is 6.10 Å². The fourth-order valence-electron chi connectivity index (χ4n) is 1.35. The molecule has 13 heavy (non-hydrogen) atoms. The Labute approximate surface area is 79.4 Å². The Kier molecular flexibility index (Phi) is 3.46. The maximum Gasteiger partial charge on any atom is 0.0830 e. The van der Waals surface area contributed by atoms with Crippen LogP contribution < -0.4 is 5.73 Å². The highest BCUT2D eigenvalue weighted by molar-refractivity contribution is 5.27. The van der Waals surface area contributed by atoms with Gasteiger partial charge in [0.1, 0.15) is 0 Å². The molecule has 2 heteroatoms. The van der Waals surface area contributed by atoms with Crippen molar-refractivity contribution >= 4 is 0 Å². The van der Waals surface area contributed by atoms with E-state index in [9.17, 15) is 5.11 Å². The van der Waals surface area contributed by atoms with E-state index >= 15 is 0 Å². The highest BCUT2D eigenvalue weighted by Gasteiger charge is 2.15. The van der Waals surface area contributed by atoms with Gasteiger partial charge >= 0.3 is 0 Å². The molecule has 72 valence electrons. The molecule has 2 atom stereocenters. The third kappa shape index (κ3) is 2.29. The molecule has 0 radical (unpaired) electrons. The summed E-state index contributed by atoms with van der Waals surface area (Å²) >= 11 is 0. The molecule has 1 aromatic rings. The highest BCUT2D eigenvalue weighted by Crippen LogP contribution is 2.23. The van der Waals surface area contributed by atoms with Gasteiger partial charge in [-0.25, -0.2) is 0 Å². The van der Waals surface area contributed by atoms with Gasteiger partial charge in [0.25, 0.3) is 0 Å². The Bertz CT molecular complexity index is 273. The summed E-state index contributed by atoms with van der Waals surface area (Å²) in [4.78, 5) is 0. The van der Waals surface area contributed by atoms with Gasteiger partial charge in [-0.15, -0.1) is 0 Å². The van der Waals surface area contributed by atoms with E-state index in [0.717, 1.165) is 11.1 Å². The van der Waals surface area contributed by atoms with E-state index in [-0.39, 0.29) is 5.92 Å². The summed E-state index contributed by atoms with van der Waals surface area (Å²) in [6.45, 7) is 4.47. The molecule has 0 aliphatic heterocycles. The SMILES string of the molecule is Cc1ccccc1C(O)C(C)CN. The van der Waals surface area contributed by atoms with Crippen molar-refractivity contribution in [3.8, 4) is 0 Å². The molecule has 0 saturated carbocycles. The Morgan fingerprint density at radius 2 is 2.00 bits per heavy atom. The number of nitrogens with two attached hydrogens (primary N) is 1. The largest absolute Gasteiger partial charge is 0.388 e. The van der Waals surface area contributed by atoms with Crippen LogP contribution in [0.3, 0.4) is 0 Å². The first-order valence-corrected chi connectivity index (χ1v) is 4.60. The lowest BCUT2D eigenvalue weighted by Gasteiger charge is -2.19. The Balaban J connectivity index is 2.88. The normalized spacial score (nSPS) is 15.4. The lowest BCUT2D eigenvalue weighted by Crippen LogP contribution is -2.19. The van der Waals surface area contributed by atoms with Gasteiger partial charge in [0.2, 0.25) is 0 Å². The number of rotatable bonds is 3. The molecule has 2 unspecified atom stereocenters. The third-order valence-corrected chi connectivity index (χ3v) is 2.42. The van der Waals surface area contributed by atoms with E-state index in [1.807, 2.05) is 38.1 Å². The Morgan fingerprint density at radius 3 is 2.54 bits per heavy atom. The third-order valence-electron chi connectivity index (χ3n) is 2.42. The van der Waals surface area contributed by atoms with Gasteiger partial charge in [0.15, 0.2) is 0 Å². The summed E-state index contributed by atoms with van der Waals surface area (Å²) in [6, 6.07) is 7.86. The van der Waals surface area contributed by atoms with Crippen molar-refractivity contribution in [2.45, 2.75) is 20.0 Å². The van der Waals surface area contributed by atoms with E-state index in [1.165, 1.54) is 0 Å². The van der Waals surface area contributed by atoms with Crippen LogP contribution in [0.15, 0.2) is 24.3 Å². The number of aryl methyl sites for hydroxylation is 1. The molecule has 0 aromatic heterocycles. The molecule has 0 amide bonds. The summed E-state index contributed by atoms with van der Waals surface area (Å²) in [5.41, 5.74) is 7.61. The maximum atomic E-state index is 9.89. The number of hydrogen-bond acceptors (Lipinski definition) is 2. The van der Waals surface area contributed by atoms with Gasteiger partial charge < -0.3 is 10.8 Å². The predicted octanol–water partition coefficient (Wildman–Crippen LogP) is 1.62. The highest BCUT2D eigenvalue weighted by atomic mass is 16.3. The molecule has 2 nitrogen and oxygen atoms in total. The average molecular weight is 179 g/mol. The van der Waals surface area contributed by atoms with Crippen LogP contribution in [-0.2, 0) is 0 Å². The standard InChI is InChI=1S/C11H17NO/c1-8-5-3-4-6-10(8)11(13)9(2)7-12/h3-6,9,11,13H,7,12H2,1-2H3. The fraction of sp³-hybridized carbons (Fsp3) is 0.455. The van der Waals surface area contributed by atoms with Gasteiger partial charge in [-0.3, -0.25) is 0 Å². The van der Waals surface area contributed by atoms with Crippen molar-refractivity contribution in [2.24, 2.45) is 11.7 Å². The second kappa shape index (κ2) is 4.40. The first-order chi connectivity index (χ1) is 6.16. The summed E-state index contributed by atoms with van der Waals surface area (Å²) in [6.07, 6.45) is -0.439. The number of benzene rings is 1. The van der Waals surface area contributed by atoms with Crippen LogP contribution in [0.2, 0.25) is 0 Å². The van der Waals surface area contributed by atoms with Gasteiger partial charge in [-0.05, 0) is 30.5 Å². The molecule has 0 aliphatic rings. The second-order valence-electron chi connectivity index (χ2n) is 3.51. The lowest BCUT2D eigenvalue weighted by atomic mass is 9.94. The molecule has 3 N–H and O–H groups in total. The van der Waals surface area contributed by atoms with Crippen molar-refractivity contribution in [1.82, 2.24) is 0 Å². The summed E-state index contributed by atoms with van der Waals surface area (Å²) in [5, 5.41) is 9.89. The van der Waals surface area contributed by atoms with Crippen LogP contribution in [0.5, 0.6) is 0 Å². The van der Waals surface area contributed by atoms with Crippen molar-refractivity contribution < 1.29 is 5.11 Å². The minimum Gasteiger partial charge on any atom is -0.388 e. The topological polar surface area (TPSA) is 46.2 Å². The average Bonchev–Trinajstić information content (AvgIpc) is 2.16. The van der Waals surface area contributed by atoms with Crippen LogP contribution in [0, 0.1) is 12.8 Å². The summed E-state index contributed by atoms with van der Waals surface area (Å²) in [7, 11) is 0. The van der Waals surface area contributed by atoms with Crippen LogP contribution >= 0.6 is 0 Å². The molecule has 1 aromatic carbocycles. The minimum absolute atomic E-state index is 0.112. The molecule has 0 aliphatic carbocycles. The molecular formula is C11H17NO. The number of aliphatic hydroxyl groups excluding tert-OH is 1. The molecule has 0 bridgehead atoms. The van der Waals surface area contributed by atoms with Crippen molar-refractivity contribution in [3.05, 3.63) is 35.4 Å². The van der Waals surface area contributed by atoms with Crippen molar-refractivity contribution in [1.29, 1.82) is 0 Å². The first-order valence-electron chi connectivity index (χ1n) is 4.60. The van der Waals surface area contributed by atoms with E-state index in [2.05, 4.69) is 0 Å². The van der Waals surface area contributed by atoms with E-state index in [4.69, 9.17) is 5.73 Å². The number of aliphatic hydroxyl groups is 1. The zero-order chi connectivity index (χ0) is 9.84. The molecule has 1 rings (SSSR count). The lowest BCUT2D eigenvalue weighted by molar-refractivity contribution is 0.121. The predicted molar refractivity (Wildman–Crippen MR) is 54.4 cm³/mol. The van der Waals surface area contributed by atoms with E-state index in [1.54, 1.807) is 0 Å². The van der Waals surface area contributed by atoms with Gasteiger partial charge in [0.05, 0.1) is 6.10 Å². The maximum absolute atomic E-state index is 9.89. The molecule has 0 spiro atoms. The quantitative estimate of drug-likeness (QED) is 0.740. The van der Waals surface area contributed by atoms with Crippen LogP contribution in [0.25, 0.3) is 0 Å². The smallest absolute Gasteiger partial charge is 0.0830 e. The Hall–Kier alpha value is -0.860. The monoisotopic (exact) mass is 179 g/mol. The van der Waals surface area contributed by atoms with Gasteiger partial charge in [0, 0.05) is 0 Å². The zero-order valence-electron chi connectivity index (χ0n) is 8.20. The number of hydrogen-bond donors (Lipinski definition) is 2. The van der Waals surface area contributed by atoms with Gasteiger partial charge in [-0.2, -0.15) is 0 Å². The molecule has 0 fully saturated rings. The fourth-order valence-corrected chi connectivity index (χ4v) is 1.35. The van der Waals surface area contributed by atoms with Crippen LogP contribution in [0.1, 0.15) is 24.2 Å². The van der Waals surface area contributed by atoms with Crippen molar-refractivity contribution in [2.75, 3.05) is 6.54 Å². The van der Waals surface area contributed by atoms with Crippen LogP contribution in [-0.4, -0.2) is 11.7 Å². The summed E-state index contributed by atoms with van der Waals surface area (Å²) < 4.78 is 0. The zero-order valence-corrected chi connectivity index (χ0v) is 8.20. The molecule has 0 saturated heterocycles. The minimum atomic E-state index is -0.439. The molecular weight excluding hydrogens is 162 g/mol. The summed E-state index contributed by atoms with van der Waals surface area (Å²) in [5.74, 6) is 0.112. The van der Waals surface area contributed by atoms with Crippen molar-refractivity contribution in [3.63, 3.8) is 0 Å². The second-order valence-corrected chi connectivity index (χ2v) is 3.51. The molecule has 0 heterocycles. The Morgan fingerprint density at radius 1 is 1.38 bits per heavy atom. The van der Waals surface area contributed by atoms with E-state index in [0.29, 0.717) is 6.54 Å². The van der Waals surface area contributed by atoms with Crippen LogP contribution in [0.4, 0.5) is 0 Å². The first kappa shape index (κ1) is 10.2. The van der Waals surface area contributed by atoms with Gasteiger partial charge in [-0.1, -0.05) is 31.2 Å².